The molecule has 0 aliphatic heterocycles. The van der Waals surface area contributed by atoms with Gasteiger partial charge in [-0.2, -0.15) is 0 Å². The third-order valence-electron chi connectivity index (χ3n) is 4.44. The molecule has 4 nitrogen and oxygen atoms in total. The van der Waals surface area contributed by atoms with Crippen LogP contribution in [0.5, 0.6) is 5.75 Å². The lowest BCUT2D eigenvalue weighted by molar-refractivity contribution is 0.0603. The number of benzene rings is 3. The minimum Gasteiger partial charge on any atom is -0.497 e. The van der Waals surface area contributed by atoms with Crippen molar-refractivity contribution in [1.82, 2.24) is 9.55 Å². The molecule has 0 aliphatic carbocycles. The maximum absolute atomic E-state index is 6.04. The van der Waals surface area contributed by atoms with Crippen LogP contribution in [-0.2, 0) is 18.1 Å². The highest BCUT2D eigenvalue weighted by Crippen LogP contribution is 2.32. The number of methoxy groups -OCH3 is 1. The van der Waals surface area contributed by atoms with Crippen molar-refractivity contribution in [2.24, 2.45) is 0 Å². The Morgan fingerprint density at radius 3 is 2.41 bits per heavy atom. The van der Waals surface area contributed by atoms with E-state index in [9.17, 15) is 0 Å². The number of ether oxygens (including phenoxy) is 2. The zero-order valence-corrected chi connectivity index (χ0v) is 17.0. The second-order valence-corrected chi connectivity index (χ2v) is 7.55. The van der Waals surface area contributed by atoms with Crippen LogP contribution in [0.4, 0.5) is 0 Å². The van der Waals surface area contributed by atoms with Gasteiger partial charge in [0, 0.05) is 10.5 Å². The molecular weight excluding hydrogens is 380 g/mol. The van der Waals surface area contributed by atoms with Gasteiger partial charge in [-0.05, 0) is 29.8 Å². The molecular formula is C24H22N2O2S. The minimum atomic E-state index is 0.413. The Labute approximate surface area is 175 Å². The van der Waals surface area contributed by atoms with Crippen LogP contribution in [0.25, 0.3) is 11.4 Å². The first kappa shape index (κ1) is 19.3. The number of hydrogen-bond acceptors (Lipinski definition) is 4. The van der Waals surface area contributed by atoms with E-state index in [1.165, 1.54) is 0 Å². The fourth-order valence-corrected chi connectivity index (χ4v) is 3.89. The molecule has 0 bridgehead atoms. The van der Waals surface area contributed by atoms with Crippen LogP contribution >= 0.6 is 11.8 Å². The van der Waals surface area contributed by atoms with Crippen molar-refractivity contribution in [2.75, 3.05) is 7.11 Å². The van der Waals surface area contributed by atoms with Crippen LogP contribution in [0.2, 0.25) is 0 Å². The summed E-state index contributed by atoms with van der Waals surface area (Å²) in [7, 11) is 1.67. The summed E-state index contributed by atoms with van der Waals surface area (Å²) in [6.07, 6.45) is 1.90. The lowest BCUT2D eigenvalue weighted by Crippen LogP contribution is -2.06. The number of imidazole rings is 1. The van der Waals surface area contributed by atoms with Gasteiger partial charge in [0.15, 0.2) is 0 Å². The number of rotatable bonds is 8. The van der Waals surface area contributed by atoms with Crippen LogP contribution in [0.1, 0.15) is 5.56 Å². The number of nitrogens with zero attached hydrogens (tertiary/aromatic N) is 2. The summed E-state index contributed by atoms with van der Waals surface area (Å²) in [5, 5.41) is 1.03. The third-order valence-corrected chi connectivity index (χ3v) is 5.49. The van der Waals surface area contributed by atoms with Gasteiger partial charge < -0.3 is 9.47 Å². The van der Waals surface area contributed by atoms with E-state index in [1.807, 2.05) is 66.9 Å². The molecule has 1 aromatic heterocycles. The van der Waals surface area contributed by atoms with Crippen molar-refractivity contribution in [3.8, 4) is 17.1 Å². The molecule has 0 spiro atoms. The zero-order chi connectivity index (χ0) is 19.9. The first-order chi connectivity index (χ1) is 14.3. The van der Waals surface area contributed by atoms with Crippen molar-refractivity contribution in [1.29, 1.82) is 0 Å². The summed E-state index contributed by atoms with van der Waals surface area (Å²) in [6.45, 7) is 0.961. The van der Waals surface area contributed by atoms with E-state index < -0.39 is 0 Å². The average molecular weight is 403 g/mol. The molecule has 0 saturated carbocycles. The first-order valence-corrected chi connectivity index (χ1v) is 10.2. The fraction of sp³-hybridized carbons (Fsp3) is 0.125. The van der Waals surface area contributed by atoms with Gasteiger partial charge in [0.2, 0.25) is 0 Å². The maximum Gasteiger partial charge on any atom is 0.142 e. The van der Waals surface area contributed by atoms with Crippen LogP contribution < -0.4 is 4.74 Å². The molecule has 0 amide bonds. The minimum absolute atomic E-state index is 0.413. The van der Waals surface area contributed by atoms with Crippen LogP contribution in [-0.4, -0.2) is 16.7 Å². The van der Waals surface area contributed by atoms with E-state index in [0.717, 1.165) is 32.6 Å². The van der Waals surface area contributed by atoms with E-state index >= 15 is 0 Å². The normalized spacial score (nSPS) is 10.8. The first-order valence-electron chi connectivity index (χ1n) is 9.38. The molecule has 0 atom stereocenters. The summed E-state index contributed by atoms with van der Waals surface area (Å²) in [5.74, 6) is 1.66. The SMILES string of the molecule is COc1cccc(-c2ncc(Sc3ccccc3)n2COCc2ccccc2)c1. The summed E-state index contributed by atoms with van der Waals surface area (Å²) in [4.78, 5) is 5.85. The van der Waals surface area contributed by atoms with Gasteiger partial charge in [-0.3, -0.25) is 4.57 Å². The van der Waals surface area contributed by atoms with Crippen LogP contribution in [0, 0.1) is 0 Å². The molecule has 0 saturated heterocycles. The predicted octanol–water partition coefficient (Wildman–Crippen LogP) is 5.88. The summed E-state index contributed by atoms with van der Waals surface area (Å²) >= 11 is 1.68. The summed E-state index contributed by atoms with van der Waals surface area (Å²) in [5.41, 5.74) is 2.14. The van der Waals surface area contributed by atoms with Gasteiger partial charge in [-0.25, -0.2) is 4.98 Å². The highest BCUT2D eigenvalue weighted by Gasteiger charge is 2.14. The van der Waals surface area contributed by atoms with E-state index in [1.54, 1.807) is 18.9 Å². The Hall–Kier alpha value is -3.02. The Balaban J connectivity index is 1.61. The monoisotopic (exact) mass is 402 g/mol. The highest BCUT2D eigenvalue weighted by atomic mass is 32.2. The van der Waals surface area contributed by atoms with E-state index in [2.05, 4.69) is 28.8 Å². The summed E-state index contributed by atoms with van der Waals surface area (Å²) < 4.78 is 13.5. The molecule has 0 aliphatic rings. The molecule has 0 unspecified atom stereocenters. The second kappa shape index (κ2) is 9.45. The second-order valence-electron chi connectivity index (χ2n) is 6.46. The Bertz CT molecular complexity index is 1050. The topological polar surface area (TPSA) is 36.3 Å². The third kappa shape index (κ3) is 4.88. The van der Waals surface area contributed by atoms with E-state index in [0.29, 0.717) is 13.3 Å². The smallest absolute Gasteiger partial charge is 0.142 e. The van der Waals surface area contributed by atoms with Crippen LogP contribution in [0.3, 0.4) is 0 Å². The van der Waals surface area contributed by atoms with Gasteiger partial charge in [0.05, 0.1) is 19.9 Å². The van der Waals surface area contributed by atoms with Gasteiger partial charge >= 0.3 is 0 Å². The Kier molecular flexibility index (Phi) is 6.29. The lowest BCUT2D eigenvalue weighted by Gasteiger charge is -2.13. The molecule has 5 heteroatoms. The molecule has 0 fully saturated rings. The molecule has 1 heterocycles. The average Bonchev–Trinajstić information content (AvgIpc) is 3.17. The standard InChI is InChI=1S/C24H22N2O2S/c1-27-21-12-8-11-20(15-21)24-25-16-23(29-22-13-6-3-7-14-22)26(24)18-28-17-19-9-4-2-5-10-19/h2-16H,17-18H2,1H3. The molecule has 0 radical (unpaired) electrons. The molecule has 146 valence electrons. The molecule has 4 aromatic rings. The Morgan fingerprint density at radius 1 is 0.897 bits per heavy atom. The molecule has 4 rings (SSSR count). The Morgan fingerprint density at radius 2 is 1.66 bits per heavy atom. The van der Waals surface area contributed by atoms with Gasteiger partial charge in [-0.1, -0.05) is 72.4 Å². The largest absolute Gasteiger partial charge is 0.497 e. The van der Waals surface area contributed by atoms with Crippen molar-refractivity contribution in [2.45, 2.75) is 23.3 Å². The highest BCUT2D eigenvalue weighted by molar-refractivity contribution is 7.99. The van der Waals surface area contributed by atoms with Gasteiger partial charge in [-0.15, -0.1) is 0 Å². The predicted molar refractivity (Wildman–Crippen MR) is 116 cm³/mol. The van der Waals surface area contributed by atoms with E-state index in [-0.39, 0.29) is 0 Å². The van der Waals surface area contributed by atoms with Crippen molar-refractivity contribution >= 4 is 11.8 Å². The quantitative estimate of drug-likeness (QED) is 0.368. The van der Waals surface area contributed by atoms with Crippen molar-refractivity contribution in [3.05, 3.63) is 96.7 Å². The molecule has 0 N–H and O–H groups in total. The number of hydrogen-bond donors (Lipinski definition) is 0. The summed E-state index contributed by atoms with van der Waals surface area (Å²) in [6, 6.07) is 28.4. The number of aromatic nitrogens is 2. The molecule has 29 heavy (non-hydrogen) atoms. The molecule has 3 aromatic carbocycles. The van der Waals surface area contributed by atoms with Crippen molar-refractivity contribution < 1.29 is 9.47 Å². The van der Waals surface area contributed by atoms with Gasteiger partial charge in [0.25, 0.3) is 0 Å². The van der Waals surface area contributed by atoms with Gasteiger partial charge in [0.1, 0.15) is 23.3 Å². The lowest BCUT2D eigenvalue weighted by atomic mass is 10.2. The van der Waals surface area contributed by atoms with E-state index in [4.69, 9.17) is 14.5 Å². The zero-order valence-electron chi connectivity index (χ0n) is 16.2. The maximum atomic E-state index is 6.04. The van der Waals surface area contributed by atoms with Crippen LogP contribution in [0.15, 0.2) is 101 Å². The van der Waals surface area contributed by atoms with Crippen molar-refractivity contribution in [3.63, 3.8) is 0 Å². The fourth-order valence-electron chi connectivity index (χ4n) is 3.00.